The molecule has 0 amide bonds. The fraction of sp³-hybridized carbons (Fsp3) is 0.250. The maximum Gasteiger partial charge on any atom is 0.337 e. The molecule has 6 rings (SSSR count). The monoisotopic (exact) mass is 467 g/mol. The summed E-state index contributed by atoms with van der Waals surface area (Å²) < 4.78 is 10.7. The largest absolute Gasteiger partial charge is 0.465 e. The van der Waals surface area contributed by atoms with E-state index in [9.17, 15) is 9.59 Å². The lowest BCUT2D eigenvalue weighted by atomic mass is 9.86. The molecule has 1 aromatic heterocycles. The average Bonchev–Trinajstić information content (AvgIpc) is 3.15. The summed E-state index contributed by atoms with van der Waals surface area (Å²) in [6, 6.07) is 16.6. The fourth-order valence-electron chi connectivity index (χ4n) is 5.16. The normalized spacial score (nSPS) is 15.0. The summed E-state index contributed by atoms with van der Waals surface area (Å²) in [7, 11) is 1.36. The van der Waals surface area contributed by atoms with Gasteiger partial charge in [0.05, 0.1) is 35.0 Å². The number of carbonyl (C=O) groups is 2. The molecule has 0 spiro atoms. The predicted molar refractivity (Wildman–Crippen MR) is 135 cm³/mol. The van der Waals surface area contributed by atoms with E-state index in [0.29, 0.717) is 28.1 Å². The van der Waals surface area contributed by atoms with Crippen molar-refractivity contribution in [2.45, 2.75) is 25.7 Å². The maximum atomic E-state index is 13.7. The summed E-state index contributed by atoms with van der Waals surface area (Å²) >= 11 is 0. The Hall–Kier alpha value is -4.13. The van der Waals surface area contributed by atoms with E-state index in [2.05, 4.69) is 15.4 Å². The number of benzene rings is 3. The van der Waals surface area contributed by atoms with Gasteiger partial charge in [0.15, 0.2) is 11.5 Å². The second kappa shape index (κ2) is 8.58. The number of hydrogen-bond acceptors (Lipinski definition) is 7. The molecule has 0 radical (unpaired) electrons. The Labute approximate surface area is 202 Å². The van der Waals surface area contributed by atoms with Gasteiger partial charge in [-0.3, -0.25) is 4.79 Å². The SMILES string of the molecule is COC(=O)c1ccc(Nc2cc(N3CCCCCC3)c3noc4c3c2C(=O)c2ccccc2-4)cc1. The highest BCUT2D eigenvalue weighted by molar-refractivity contribution is 6.28. The van der Waals surface area contributed by atoms with E-state index < -0.39 is 5.97 Å². The Morgan fingerprint density at radius 3 is 2.43 bits per heavy atom. The summed E-state index contributed by atoms with van der Waals surface area (Å²) in [4.78, 5) is 27.9. The van der Waals surface area contributed by atoms with Crippen LogP contribution in [0, 0.1) is 0 Å². The van der Waals surface area contributed by atoms with Gasteiger partial charge in [-0.2, -0.15) is 0 Å². The van der Waals surface area contributed by atoms with Crippen molar-refractivity contribution in [1.82, 2.24) is 5.16 Å². The van der Waals surface area contributed by atoms with Crippen LogP contribution >= 0.6 is 0 Å². The van der Waals surface area contributed by atoms with Crippen LogP contribution in [-0.2, 0) is 4.74 Å². The number of rotatable bonds is 4. The number of nitrogens with zero attached hydrogens (tertiary/aromatic N) is 2. The second-order valence-corrected chi connectivity index (χ2v) is 9.02. The first-order chi connectivity index (χ1) is 17.2. The highest BCUT2D eigenvalue weighted by Gasteiger charge is 2.33. The molecular weight excluding hydrogens is 442 g/mol. The molecule has 7 nitrogen and oxygen atoms in total. The van der Waals surface area contributed by atoms with E-state index in [1.807, 2.05) is 42.5 Å². The molecule has 2 aliphatic rings. The molecule has 3 aromatic carbocycles. The summed E-state index contributed by atoms with van der Waals surface area (Å²) in [5.74, 6) is 0.181. The van der Waals surface area contributed by atoms with Crippen LogP contribution in [0.3, 0.4) is 0 Å². The Morgan fingerprint density at radius 1 is 1.00 bits per heavy atom. The quantitative estimate of drug-likeness (QED) is 0.327. The first-order valence-electron chi connectivity index (χ1n) is 12.0. The first-order valence-corrected chi connectivity index (χ1v) is 12.0. The van der Waals surface area contributed by atoms with Crippen molar-refractivity contribution >= 4 is 39.7 Å². The Kier molecular flexibility index (Phi) is 5.25. The average molecular weight is 468 g/mol. The number of ether oxygens (including phenoxy) is 1. The van der Waals surface area contributed by atoms with Crippen molar-refractivity contribution in [2.75, 3.05) is 30.4 Å². The Bertz CT molecular complexity index is 1450. The number of aromatic nitrogens is 1. The van der Waals surface area contributed by atoms with Gasteiger partial charge >= 0.3 is 5.97 Å². The van der Waals surface area contributed by atoms with Crippen LogP contribution < -0.4 is 10.2 Å². The Morgan fingerprint density at radius 2 is 1.71 bits per heavy atom. The number of nitrogens with one attached hydrogen (secondary N) is 1. The number of ketones is 1. The zero-order valence-corrected chi connectivity index (χ0v) is 19.5. The van der Waals surface area contributed by atoms with Crippen LogP contribution in [0.2, 0.25) is 0 Å². The predicted octanol–water partition coefficient (Wildman–Crippen LogP) is 5.95. The molecule has 176 valence electrons. The van der Waals surface area contributed by atoms with Crippen molar-refractivity contribution in [3.05, 3.63) is 71.3 Å². The van der Waals surface area contributed by atoms with Crippen molar-refractivity contribution in [1.29, 1.82) is 0 Å². The van der Waals surface area contributed by atoms with Crippen LogP contribution in [0.5, 0.6) is 0 Å². The standard InChI is InChI=1S/C28H25N3O4/c1-34-28(33)17-10-12-18(13-11-17)29-21-16-22(31-14-6-2-3-7-15-31)25-24-23(21)26(32)19-8-4-5-9-20(19)27(24)35-30-25/h4-5,8-13,16,29H,2-3,6-7,14-15H2,1H3. The molecule has 7 heteroatoms. The van der Waals surface area contributed by atoms with E-state index >= 15 is 0 Å². The third kappa shape index (κ3) is 3.55. The van der Waals surface area contributed by atoms with Gasteiger partial charge in [0.1, 0.15) is 5.52 Å². The number of esters is 1. The first kappa shape index (κ1) is 21.4. The Balaban J connectivity index is 1.53. The minimum Gasteiger partial charge on any atom is -0.465 e. The van der Waals surface area contributed by atoms with Gasteiger partial charge in [-0.25, -0.2) is 4.79 Å². The number of anilines is 3. The van der Waals surface area contributed by atoms with Crippen molar-refractivity contribution in [3.8, 4) is 11.3 Å². The van der Waals surface area contributed by atoms with E-state index in [4.69, 9.17) is 9.26 Å². The van der Waals surface area contributed by atoms with Crippen molar-refractivity contribution in [3.63, 3.8) is 0 Å². The van der Waals surface area contributed by atoms with Crippen molar-refractivity contribution in [2.24, 2.45) is 0 Å². The van der Waals surface area contributed by atoms with E-state index in [1.54, 1.807) is 12.1 Å². The highest BCUT2D eigenvalue weighted by Crippen LogP contribution is 2.46. The lowest BCUT2D eigenvalue weighted by Crippen LogP contribution is -2.24. The molecule has 35 heavy (non-hydrogen) atoms. The highest BCUT2D eigenvalue weighted by atomic mass is 16.5. The smallest absolute Gasteiger partial charge is 0.337 e. The van der Waals surface area contributed by atoms with Crippen LogP contribution in [0.25, 0.3) is 22.2 Å². The zero-order chi connectivity index (χ0) is 23.9. The molecule has 1 saturated heterocycles. The number of carbonyl (C=O) groups excluding carboxylic acids is 2. The molecule has 1 aliphatic carbocycles. The van der Waals surface area contributed by atoms with E-state index in [0.717, 1.165) is 53.8 Å². The molecule has 0 saturated carbocycles. The van der Waals surface area contributed by atoms with Crippen molar-refractivity contribution < 1.29 is 18.8 Å². The minimum atomic E-state index is -0.391. The van der Waals surface area contributed by atoms with Crippen LogP contribution in [-0.4, -0.2) is 37.1 Å². The van der Waals surface area contributed by atoms with Gasteiger partial charge in [-0.15, -0.1) is 0 Å². The third-order valence-electron chi connectivity index (χ3n) is 6.91. The van der Waals surface area contributed by atoms with Gasteiger partial charge < -0.3 is 19.5 Å². The number of hydrogen-bond donors (Lipinski definition) is 1. The summed E-state index contributed by atoms with van der Waals surface area (Å²) in [5.41, 5.74) is 5.56. The molecule has 0 unspecified atom stereocenters. The van der Waals surface area contributed by atoms with Gasteiger partial charge in [0.25, 0.3) is 0 Å². The molecule has 0 atom stereocenters. The number of fused-ring (bicyclic) bond motifs is 2. The molecular formula is C28H25N3O4. The molecule has 4 aromatic rings. The zero-order valence-electron chi connectivity index (χ0n) is 19.5. The number of methoxy groups -OCH3 is 1. The van der Waals surface area contributed by atoms with Gasteiger partial charge in [-0.05, 0) is 43.2 Å². The van der Waals surface area contributed by atoms with Gasteiger partial charge in [0.2, 0.25) is 0 Å². The summed E-state index contributed by atoms with van der Waals surface area (Å²) in [5, 5.41) is 8.66. The molecule has 1 N–H and O–H groups in total. The topological polar surface area (TPSA) is 84.7 Å². The van der Waals surface area contributed by atoms with Crippen LogP contribution in [0.15, 0.2) is 59.1 Å². The molecule has 1 fully saturated rings. The summed E-state index contributed by atoms with van der Waals surface area (Å²) in [6.07, 6.45) is 4.66. The maximum absolute atomic E-state index is 13.7. The molecule has 1 aliphatic heterocycles. The van der Waals surface area contributed by atoms with E-state index in [1.165, 1.54) is 20.0 Å². The lowest BCUT2D eigenvalue weighted by molar-refractivity contribution is 0.0600. The molecule has 2 heterocycles. The lowest BCUT2D eigenvalue weighted by Gasteiger charge is -2.26. The van der Waals surface area contributed by atoms with Crippen LogP contribution in [0.1, 0.15) is 52.0 Å². The minimum absolute atomic E-state index is 0.0580. The van der Waals surface area contributed by atoms with Crippen LogP contribution in [0.4, 0.5) is 17.1 Å². The third-order valence-corrected chi connectivity index (χ3v) is 6.91. The summed E-state index contributed by atoms with van der Waals surface area (Å²) in [6.45, 7) is 1.88. The molecule has 0 bridgehead atoms. The van der Waals surface area contributed by atoms with E-state index in [-0.39, 0.29) is 5.78 Å². The second-order valence-electron chi connectivity index (χ2n) is 9.02. The fourth-order valence-corrected chi connectivity index (χ4v) is 5.16. The van der Waals surface area contributed by atoms with Gasteiger partial charge in [-0.1, -0.05) is 42.3 Å². The van der Waals surface area contributed by atoms with Gasteiger partial charge in [0, 0.05) is 29.9 Å².